The molecule has 0 aromatic carbocycles. The van der Waals surface area contributed by atoms with Crippen molar-refractivity contribution in [1.29, 1.82) is 0 Å². The van der Waals surface area contributed by atoms with E-state index in [1.165, 1.54) is 0 Å². The van der Waals surface area contributed by atoms with Crippen LogP contribution in [0.5, 0.6) is 0 Å². The van der Waals surface area contributed by atoms with E-state index in [0.717, 1.165) is 12.1 Å². The number of carbonyl (C=O) groups is 1. The number of amides is 1. The van der Waals surface area contributed by atoms with Gasteiger partial charge >= 0.3 is 0 Å². The van der Waals surface area contributed by atoms with Crippen LogP contribution in [-0.2, 0) is 4.79 Å². The molecule has 3 N–H and O–H groups in total. The Balaban J connectivity index is 2.13. The number of aromatic nitrogens is 1. The van der Waals surface area contributed by atoms with Crippen molar-refractivity contribution in [3.8, 4) is 0 Å². The van der Waals surface area contributed by atoms with E-state index in [4.69, 9.17) is 0 Å². The minimum atomic E-state index is 0.0430. The molecule has 0 radical (unpaired) electrons. The van der Waals surface area contributed by atoms with E-state index >= 15 is 0 Å². The van der Waals surface area contributed by atoms with Crippen molar-refractivity contribution in [2.45, 2.75) is 12.1 Å². The van der Waals surface area contributed by atoms with Gasteiger partial charge in [-0.05, 0) is 12.1 Å². The molecule has 2 heterocycles. The second kappa shape index (κ2) is 4.17. The highest BCUT2D eigenvalue weighted by Gasteiger charge is 2.28. The van der Waals surface area contributed by atoms with Gasteiger partial charge < -0.3 is 5.32 Å². The van der Waals surface area contributed by atoms with Crippen LogP contribution < -0.4 is 16.2 Å². The number of nitrogens with one attached hydrogen (secondary N) is 3. The van der Waals surface area contributed by atoms with Crippen LogP contribution in [0.25, 0.3) is 0 Å². The highest BCUT2D eigenvalue weighted by atomic mass is 16.1. The van der Waals surface area contributed by atoms with E-state index in [0.29, 0.717) is 6.54 Å². The van der Waals surface area contributed by atoms with Crippen LogP contribution in [-0.4, -0.2) is 24.0 Å². The summed E-state index contributed by atoms with van der Waals surface area (Å²) in [5.74, 6) is 0. The van der Waals surface area contributed by atoms with E-state index < -0.39 is 0 Å². The summed E-state index contributed by atoms with van der Waals surface area (Å²) < 4.78 is 0. The summed E-state index contributed by atoms with van der Waals surface area (Å²) in [6.45, 7) is 0.708. The maximum absolute atomic E-state index is 10.4. The molecule has 74 valence electrons. The van der Waals surface area contributed by atoms with Crippen molar-refractivity contribution in [1.82, 2.24) is 21.2 Å². The van der Waals surface area contributed by atoms with Gasteiger partial charge in [0.05, 0.1) is 17.8 Å². The predicted octanol–water partition coefficient (Wildman–Crippen LogP) is -0.655. The average molecular weight is 192 g/mol. The van der Waals surface area contributed by atoms with Gasteiger partial charge in [-0.15, -0.1) is 0 Å². The van der Waals surface area contributed by atoms with Crippen molar-refractivity contribution in [2.75, 3.05) is 6.54 Å². The minimum absolute atomic E-state index is 0.0430. The lowest BCUT2D eigenvalue weighted by Gasteiger charge is -2.16. The number of hydrogen-bond donors (Lipinski definition) is 3. The molecule has 0 spiro atoms. The molecule has 5 nitrogen and oxygen atoms in total. The summed E-state index contributed by atoms with van der Waals surface area (Å²) in [6.07, 6.45) is 2.46. The lowest BCUT2D eigenvalue weighted by atomic mass is 10.1. The van der Waals surface area contributed by atoms with Crippen LogP contribution in [0.1, 0.15) is 11.7 Å². The highest BCUT2D eigenvalue weighted by Crippen LogP contribution is 2.16. The third kappa shape index (κ3) is 1.73. The quantitative estimate of drug-likeness (QED) is 0.556. The molecule has 2 rings (SSSR count). The van der Waals surface area contributed by atoms with Crippen LogP contribution in [0, 0.1) is 0 Å². The Morgan fingerprint density at radius 3 is 3.21 bits per heavy atom. The van der Waals surface area contributed by atoms with E-state index in [1.807, 2.05) is 18.2 Å². The fraction of sp³-hybridized carbons (Fsp3) is 0.333. The Morgan fingerprint density at radius 2 is 2.50 bits per heavy atom. The zero-order valence-corrected chi connectivity index (χ0v) is 7.60. The monoisotopic (exact) mass is 192 g/mol. The van der Waals surface area contributed by atoms with Gasteiger partial charge in [0, 0.05) is 12.7 Å². The average Bonchev–Trinajstić information content (AvgIpc) is 2.68. The summed E-state index contributed by atoms with van der Waals surface area (Å²) >= 11 is 0. The van der Waals surface area contributed by atoms with Gasteiger partial charge in [0.25, 0.3) is 0 Å². The van der Waals surface area contributed by atoms with Crippen LogP contribution >= 0.6 is 0 Å². The van der Waals surface area contributed by atoms with Crippen LogP contribution in [0.15, 0.2) is 24.4 Å². The van der Waals surface area contributed by atoms with Crippen molar-refractivity contribution >= 4 is 6.41 Å². The molecule has 1 aromatic rings. The second-order valence-corrected chi connectivity index (χ2v) is 3.15. The summed E-state index contributed by atoms with van der Waals surface area (Å²) in [7, 11) is 0. The fourth-order valence-electron chi connectivity index (χ4n) is 1.58. The maximum atomic E-state index is 10.4. The van der Waals surface area contributed by atoms with Gasteiger partial charge in [-0.25, -0.2) is 5.43 Å². The van der Waals surface area contributed by atoms with Crippen LogP contribution in [0.2, 0.25) is 0 Å². The molecular weight excluding hydrogens is 180 g/mol. The zero-order chi connectivity index (χ0) is 9.80. The lowest BCUT2D eigenvalue weighted by molar-refractivity contribution is -0.110. The highest BCUT2D eigenvalue weighted by molar-refractivity contribution is 5.47. The third-order valence-corrected chi connectivity index (χ3v) is 2.27. The first kappa shape index (κ1) is 9.11. The van der Waals surface area contributed by atoms with Crippen LogP contribution in [0.4, 0.5) is 0 Å². The number of pyridine rings is 1. The van der Waals surface area contributed by atoms with Crippen LogP contribution in [0.3, 0.4) is 0 Å². The van der Waals surface area contributed by atoms with E-state index in [1.54, 1.807) is 6.20 Å². The number of carbonyl (C=O) groups excluding carboxylic acids is 1. The maximum Gasteiger partial charge on any atom is 0.207 e. The topological polar surface area (TPSA) is 66.1 Å². The fourth-order valence-corrected chi connectivity index (χ4v) is 1.58. The second-order valence-electron chi connectivity index (χ2n) is 3.15. The molecule has 1 saturated heterocycles. The Morgan fingerprint density at radius 1 is 1.57 bits per heavy atom. The molecule has 1 aliphatic rings. The van der Waals surface area contributed by atoms with Crippen molar-refractivity contribution in [2.24, 2.45) is 0 Å². The van der Waals surface area contributed by atoms with Gasteiger partial charge in [0.2, 0.25) is 6.41 Å². The van der Waals surface area contributed by atoms with Crippen molar-refractivity contribution < 1.29 is 4.79 Å². The summed E-state index contributed by atoms with van der Waals surface area (Å²) in [5, 5.41) is 2.75. The molecule has 2 unspecified atom stereocenters. The SMILES string of the molecule is O=CNC1CNNC1c1ccccn1. The molecule has 1 fully saturated rings. The standard InChI is InChI=1S/C9H12N4O/c14-6-11-8-5-12-13-9(8)7-3-1-2-4-10-7/h1-4,6,8-9,12-13H,5H2,(H,11,14). The number of nitrogens with zero attached hydrogens (tertiary/aromatic N) is 1. The third-order valence-electron chi connectivity index (χ3n) is 2.27. The number of hydrogen-bond acceptors (Lipinski definition) is 4. The number of rotatable bonds is 3. The molecule has 0 bridgehead atoms. The van der Waals surface area contributed by atoms with Gasteiger partial charge in [-0.2, -0.15) is 0 Å². The first-order valence-electron chi connectivity index (χ1n) is 4.51. The zero-order valence-electron chi connectivity index (χ0n) is 7.60. The Bertz CT molecular complexity index is 303. The first-order valence-corrected chi connectivity index (χ1v) is 4.51. The Hall–Kier alpha value is -1.46. The smallest absolute Gasteiger partial charge is 0.207 e. The molecule has 0 saturated carbocycles. The molecule has 1 aromatic heterocycles. The van der Waals surface area contributed by atoms with E-state index in [9.17, 15) is 4.79 Å². The number of hydrazine groups is 1. The molecule has 1 aliphatic heterocycles. The summed E-state index contributed by atoms with van der Waals surface area (Å²) in [4.78, 5) is 14.6. The Labute approximate surface area is 81.9 Å². The van der Waals surface area contributed by atoms with Gasteiger partial charge in [-0.3, -0.25) is 15.2 Å². The molecule has 1 amide bonds. The van der Waals surface area contributed by atoms with E-state index in [-0.39, 0.29) is 12.1 Å². The summed E-state index contributed by atoms with van der Waals surface area (Å²) in [6, 6.07) is 5.84. The van der Waals surface area contributed by atoms with Gasteiger partial charge in [0.1, 0.15) is 0 Å². The first-order chi connectivity index (χ1) is 6.92. The molecule has 2 atom stereocenters. The molecular formula is C9H12N4O. The van der Waals surface area contributed by atoms with Gasteiger partial charge in [-0.1, -0.05) is 6.07 Å². The predicted molar refractivity (Wildman–Crippen MR) is 51.1 cm³/mol. The largest absolute Gasteiger partial charge is 0.353 e. The lowest BCUT2D eigenvalue weighted by Crippen LogP contribution is -2.35. The van der Waals surface area contributed by atoms with Crippen molar-refractivity contribution in [3.63, 3.8) is 0 Å². The molecule has 14 heavy (non-hydrogen) atoms. The Kier molecular flexibility index (Phi) is 2.71. The summed E-state index contributed by atoms with van der Waals surface area (Å²) in [5.41, 5.74) is 7.00. The molecule has 5 heteroatoms. The van der Waals surface area contributed by atoms with E-state index in [2.05, 4.69) is 21.2 Å². The van der Waals surface area contributed by atoms with Crippen molar-refractivity contribution in [3.05, 3.63) is 30.1 Å². The minimum Gasteiger partial charge on any atom is -0.353 e. The molecule has 0 aliphatic carbocycles. The normalized spacial score (nSPS) is 26.0. The van der Waals surface area contributed by atoms with Gasteiger partial charge in [0.15, 0.2) is 0 Å².